The number of amides is 2. The number of rotatable bonds is 5. The van der Waals surface area contributed by atoms with Crippen LogP contribution in [0.3, 0.4) is 0 Å². The SMILES string of the molecule is CC(C)Oc1ccc(-c2ncc(-c3cccc4c3CC[C@H]4NC(=O)N3CCC[C@H](C)C3)s2)cc1C#N. The summed E-state index contributed by atoms with van der Waals surface area (Å²) in [5, 5.41) is 13.8. The Labute approximate surface area is 216 Å². The van der Waals surface area contributed by atoms with Crippen molar-refractivity contribution in [2.24, 2.45) is 5.92 Å². The number of fused-ring (bicyclic) bond motifs is 1. The predicted octanol–water partition coefficient (Wildman–Crippen LogP) is 6.56. The first kappa shape index (κ1) is 24.3. The molecule has 1 N–H and O–H groups in total. The molecule has 36 heavy (non-hydrogen) atoms. The number of carbonyl (C=O) groups is 1. The Hall–Kier alpha value is -3.37. The zero-order valence-corrected chi connectivity index (χ0v) is 21.9. The maximum absolute atomic E-state index is 12.9. The summed E-state index contributed by atoms with van der Waals surface area (Å²) in [4.78, 5) is 20.7. The van der Waals surface area contributed by atoms with Crippen LogP contribution in [0.15, 0.2) is 42.6 Å². The van der Waals surface area contributed by atoms with Gasteiger partial charge in [-0.05, 0) is 80.3 Å². The summed E-state index contributed by atoms with van der Waals surface area (Å²) in [6, 6.07) is 14.4. The molecule has 5 rings (SSSR count). The highest BCUT2D eigenvalue weighted by atomic mass is 32.1. The molecule has 0 unspecified atom stereocenters. The molecule has 1 aromatic heterocycles. The largest absolute Gasteiger partial charge is 0.490 e. The summed E-state index contributed by atoms with van der Waals surface area (Å²) < 4.78 is 5.76. The van der Waals surface area contributed by atoms with E-state index in [9.17, 15) is 10.1 Å². The summed E-state index contributed by atoms with van der Waals surface area (Å²) in [7, 11) is 0. The molecule has 0 radical (unpaired) electrons. The third-order valence-corrected chi connectivity index (χ3v) is 8.07. The van der Waals surface area contributed by atoms with E-state index >= 15 is 0 Å². The highest BCUT2D eigenvalue weighted by Gasteiger charge is 2.29. The van der Waals surface area contributed by atoms with Crippen molar-refractivity contribution in [1.29, 1.82) is 5.26 Å². The van der Waals surface area contributed by atoms with E-state index in [1.807, 2.05) is 43.1 Å². The van der Waals surface area contributed by atoms with E-state index in [-0.39, 0.29) is 18.2 Å². The number of thiazole rings is 1. The molecule has 6 nitrogen and oxygen atoms in total. The van der Waals surface area contributed by atoms with Gasteiger partial charge in [-0.15, -0.1) is 11.3 Å². The van der Waals surface area contributed by atoms with Crippen LogP contribution < -0.4 is 10.1 Å². The minimum atomic E-state index is 0.00612. The number of aromatic nitrogens is 1. The van der Waals surface area contributed by atoms with Gasteiger partial charge in [-0.2, -0.15) is 5.26 Å². The molecule has 2 aliphatic rings. The molecule has 2 heterocycles. The first-order chi connectivity index (χ1) is 17.4. The van der Waals surface area contributed by atoms with E-state index in [1.165, 1.54) is 23.1 Å². The predicted molar refractivity (Wildman–Crippen MR) is 143 cm³/mol. The summed E-state index contributed by atoms with van der Waals surface area (Å²) in [6.07, 6.45) is 6.05. The van der Waals surface area contributed by atoms with Crippen LogP contribution >= 0.6 is 11.3 Å². The second-order valence-corrected chi connectivity index (χ2v) is 11.2. The van der Waals surface area contributed by atoms with E-state index in [2.05, 4.69) is 41.5 Å². The van der Waals surface area contributed by atoms with Gasteiger partial charge in [0.2, 0.25) is 0 Å². The number of nitrogens with zero attached hydrogens (tertiary/aromatic N) is 3. The van der Waals surface area contributed by atoms with Crippen LogP contribution in [0.1, 0.15) is 62.8 Å². The molecular formula is C29H32N4O2S. The zero-order valence-electron chi connectivity index (χ0n) is 21.1. The number of likely N-dealkylation sites (tertiary alicyclic amines) is 1. The van der Waals surface area contributed by atoms with E-state index < -0.39 is 0 Å². The lowest BCUT2D eigenvalue weighted by Gasteiger charge is -2.32. The monoisotopic (exact) mass is 500 g/mol. The number of nitriles is 1. The molecule has 1 saturated heterocycles. The fourth-order valence-corrected chi connectivity index (χ4v) is 6.25. The highest BCUT2D eigenvalue weighted by molar-refractivity contribution is 7.18. The Morgan fingerprint density at radius 2 is 2.14 bits per heavy atom. The number of carbonyl (C=O) groups excluding carboxylic acids is 1. The number of benzene rings is 2. The van der Waals surface area contributed by atoms with E-state index in [0.717, 1.165) is 47.8 Å². The minimum absolute atomic E-state index is 0.00612. The minimum Gasteiger partial charge on any atom is -0.490 e. The van der Waals surface area contributed by atoms with Crippen molar-refractivity contribution in [3.8, 4) is 32.8 Å². The first-order valence-electron chi connectivity index (χ1n) is 12.8. The lowest BCUT2D eigenvalue weighted by molar-refractivity contribution is 0.166. The molecular weight excluding hydrogens is 468 g/mol. The number of piperidine rings is 1. The van der Waals surface area contributed by atoms with Crippen LogP contribution in [-0.4, -0.2) is 35.1 Å². The lowest BCUT2D eigenvalue weighted by Crippen LogP contribution is -2.45. The fraction of sp³-hybridized carbons (Fsp3) is 0.414. The standard InChI is InChI=1S/C29H32N4O2S/c1-18(2)35-26-12-9-20(14-21(26)15-30)28-31-16-27(36-28)24-8-4-7-23-22(24)10-11-25(23)32-29(34)33-13-5-6-19(3)17-33/h4,7-9,12,14,16,18-19,25H,5-6,10-11,13,17H2,1-3H3,(H,32,34)/t19-,25+/m0/s1. The molecule has 186 valence electrons. The maximum Gasteiger partial charge on any atom is 0.317 e. The van der Waals surface area contributed by atoms with Gasteiger partial charge in [0.25, 0.3) is 0 Å². The molecule has 3 aromatic rings. The second-order valence-electron chi connectivity index (χ2n) is 10.1. The molecule has 0 bridgehead atoms. The van der Waals surface area contributed by atoms with E-state index in [0.29, 0.717) is 17.2 Å². The van der Waals surface area contributed by atoms with Gasteiger partial charge in [0.05, 0.1) is 22.6 Å². The Morgan fingerprint density at radius 1 is 1.28 bits per heavy atom. The summed E-state index contributed by atoms with van der Waals surface area (Å²) >= 11 is 1.63. The Kier molecular flexibility index (Phi) is 6.97. The third-order valence-electron chi connectivity index (χ3n) is 6.99. The number of hydrogen-bond acceptors (Lipinski definition) is 5. The summed E-state index contributed by atoms with van der Waals surface area (Å²) in [5.74, 6) is 1.16. The fourth-order valence-electron chi connectivity index (χ4n) is 5.29. The van der Waals surface area contributed by atoms with Gasteiger partial charge in [0.1, 0.15) is 16.8 Å². The molecule has 1 aliphatic heterocycles. The van der Waals surface area contributed by atoms with Gasteiger partial charge >= 0.3 is 6.03 Å². The Balaban J connectivity index is 1.36. The molecule has 1 aliphatic carbocycles. The first-order valence-corrected chi connectivity index (χ1v) is 13.6. The summed E-state index contributed by atoms with van der Waals surface area (Å²) in [5.41, 5.74) is 5.11. The van der Waals surface area contributed by atoms with Crippen molar-refractivity contribution in [3.05, 3.63) is 59.3 Å². The molecule has 1 fully saturated rings. The van der Waals surface area contributed by atoms with Gasteiger partial charge in [-0.3, -0.25) is 0 Å². The van der Waals surface area contributed by atoms with Crippen LogP contribution in [0.25, 0.3) is 21.0 Å². The van der Waals surface area contributed by atoms with Gasteiger partial charge < -0.3 is 15.0 Å². The molecule has 2 aromatic carbocycles. The maximum atomic E-state index is 12.9. The topological polar surface area (TPSA) is 78.2 Å². The van der Waals surface area contributed by atoms with Crippen LogP contribution in [0.4, 0.5) is 4.79 Å². The molecule has 7 heteroatoms. The van der Waals surface area contributed by atoms with Crippen molar-refractivity contribution >= 4 is 17.4 Å². The van der Waals surface area contributed by atoms with Crippen molar-refractivity contribution < 1.29 is 9.53 Å². The lowest BCUT2D eigenvalue weighted by atomic mass is 10.0. The smallest absolute Gasteiger partial charge is 0.317 e. The van der Waals surface area contributed by atoms with Gasteiger partial charge in [0.15, 0.2) is 0 Å². The van der Waals surface area contributed by atoms with Crippen LogP contribution in [0.2, 0.25) is 0 Å². The van der Waals surface area contributed by atoms with E-state index in [1.54, 1.807) is 11.3 Å². The van der Waals surface area contributed by atoms with Crippen LogP contribution in [0, 0.1) is 17.2 Å². The van der Waals surface area contributed by atoms with Crippen molar-refractivity contribution in [1.82, 2.24) is 15.2 Å². The number of ether oxygens (including phenoxy) is 1. The normalized spacial score (nSPS) is 19.1. The van der Waals surface area contributed by atoms with Gasteiger partial charge in [0, 0.05) is 24.8 Å². The third kappa shape index (κ3) is 4.96. The van der Waals surface area contributed by atoms with E-state index in [4.69, 9.17) is 4.74 Å². The highest BCUT2D eigenvalue weighted by Crippen LogP contribution is 2.41. The number of hydrogen-bond donors (Lipinski definition) is 1. The van der Waals surface area contributed by atoms with Crippen LogP contribution in [-0.2, 0) is 6.42 Å². The molecule has 0 spiro atoms. The second kappa shape index (κ2) is 10.3. The number of nitrogens with one attached hydrogen (secondary N) is 1. The number of urea groups is 1. The molecule has 0 saturated carbocycles. The van der Waals surface area contributed by atoms with Gasteiger partial charge in [-0.1, -0.05) is 25.1 Å². The molecule has 2 atom stereocenters. The Morgan fingerprint density at radius 3 is 2.92 bits per heavy atom. The average Bonchev–Trinajstić information content (AvgIpc) is 3.52. The van der Waals surface area contributed by atoms with Crippen LogP contribution in [0.5, 0.6) is 5.75 Å². The molecule has 2 amide bonds. The quantitative estimate of drug-likeness (QED) is 0.430. The average molecular weight is 501 g/mol. The zero-order chi connectivity index (χ0) is 25.2. The van der Waals surface area contributed by atoms with Crippen molar-refractivity contribution in [2.45, 2.75) is 58.6 Å². The van der Waals surface area contributed by atoms with Crippen molar-refractivity contribution in [2.75, 3.05) is 13.1 Å². The Bertz CT molecular complexity index is 1310. The van der Waals surface area contributed by atoms with Gasteiger partial charge in [-0.25, -0.2) is 9.78 Å². The summed E-state index contributed by atoms with van der Waals surface area (Å²) in [6.45, 7) is 7.80. The van der Waals surface area contributed by atoms with Crippen molar-refractivity contribution in [3.63, 3.8) is 0 Å².